The van der Waals surface area contributed by atoms with Crippen molar-refractivity contribution in [2.24, 2.45) is 15.9 Å². The lowest BCUT2D eigenvalue weighted by Gasteiger charge is -2.49. The highest BCUT2D eigenvalue weighted by molar-refractivity contribution is 8.00. The van der Waals surface area contributed by atoms with Crippen molar-refractivity contribution in [3.05, 3.63) is 74.6 Å². The molecule has 5 heterocycles. The molecule has 22 nitrogen and oxygen atoms in total. The number of carbonyl (C=O) groups excluding carboxylic acids is 4. The van der Waals surface area contributed by atoms with Gasteiger partial charge in [-0.25, -0.2) is 19.6 Å². The number of nitrogens with zero attached hydrogens (tertiary/aromatic N) is 5. The number of fused-ring (bicyclic) bond motifs is 1. The number of aromatic nitrogens is 2. The summed E-state index contributed by atoms with van der Waals surface area (Å²) in [6, 6.07) is -0.234. The van der Waals surface area contributed by atoms with Crippen LogP contribution in [-0.2, 0) is 28.8 Å². The molecule has 2 atom stereocenters. The molecule has 0 saturated carbocycles. The molecule has 56 heavy (non-hydrogen) atoms. The molecule has 0 spiro atoms. The van der Waals surface area contributed by atoms with Gasteiger partial charge in [0.05, 0.1) is 5.70 Å². The van der Waals surface area contributed by atoms with Crippen LogP contribution in [0.4, 0.5) is 5.13 Å². The third kappa shape index (κ3) is 9.15. The number of aromatic amines is 1. The predicted octanol–water partition coefficient (Wildman–Crippen LogP) is -1.59. The maximum absolute atomic E-state index is 13.3. The van der Waals surface area contributed by atoms with Crippen LogP contribution in [0.25, 0.3) is 0 Å². The molecule has 24 heteroatoms. The maximum Gasteiger partial charge on any atom is 0.352 e. The van der Waals surface area contributed by atoms with Gasteiger partial charge in [-0.3, -0.25) is 28.9 Å². The van der Waals surface area contributed by atoms with Crippen LogP contribution in [0.2, 0.25) is 0 Å². The van der Waals surface area contributed by atoms with Crippen molar-refractivity contribution in [1.29, 1.82) is 0 Å². The summed E-state index contributed by atoms with van der Waals surface area (Å²) >= 11 is 2.19. The smallest absolute Gasteiger partial charge is 0.352 e. The summed E-state index contributed by atoms with van der Waals surface area (Å²) in [4.78, 5) is 105. The minimum Gasteiger partial charge on any atom is -0.503 e. The van der Waals surface area contributed by atoms with Gasteiger partial charge < -0.3 is 57.5 Å². The summed E-state index contributed by atoms with van der Waals surface area (Å²) in [5, 5.41) is 40.8. The fraction of sp³-hybridized carbons (Fsp3) is 0.312. The number of thioether (sulfide) groups is 1. The highest BCUT2D eigenvalue weighted by Gasteiger charge is 2.54. The summed E-state index contributed by atoms with van der Waals surface area (Å²) in [5.74, 6) is -5.86. The van der Waals surface area contributed by atoms with Gasteiger partial charge in [0, 0.05) is 49.1 Å². The number of hydrogen-bond donors (Lipinski definition) is 9. The Balaban J connectivity index is 1.19. The largest absolute Gasteiger partial charge is 0.503 e. The number of allylic oxidation sites excluding steroid dienone is 1. The van der Waals surface area contributed by atoms with Gasteiger partial charge in [-0.1, -0.05) is 17.3 Å². The van der Waals surface area contributed by atoms with Gasteiger partial charge in [0.1, 0.15) is 41.0 Å². The molecule has 2 aromatic rings. The average Bonchev–Trinajstić information content (AvgIpc) is 3.57. The first-order valence-corrected chi connectivity index (χ1v) is 18.2. The number of nitrogens with two attached hydrogens (primary N) is 2. The molecule has 1 fully saturated rings. The number of carbonyl (C=O) groups is 6. The summed E-state index contributed by atoms with van der Waals surface area (Å²) in [6.07, 6.45) is 5.55. The average molecular weight is 814 g/mol. The van der Waals surface area contributed by atoms with Crippen molar-refractivity contribution in [3.8, 4) is 5.75 Å². The standard InChI is InChI=1S/C32H35N11O11S2/c1-32(2,30(52)53)54-41-21(17-12-56-31(34)39-17)26(48)40-22-27(49)43-23(29(50)51)14(11-55-28(22)43)4-3-7-42-10-16(24(33)37-13-42)38-20(46)5-6-35-25(47)15-8-18(44)19(45)9-36-15/h3-4,8-10,12,22,28,45H,5-7,11,13H2,1-2H3,(H2,33,37)(H2,34,39)(H,35,47)(H,36,44)(H,38,46)(H,40,48)(H,50,51)(H,52,53)/b4-3+,41-21-/t22-,28?/m1/s1. The minimum absolute atomic E-state index is 0.0235. The Morgan fingerprint density at radius 3 is 2.61 bits per heavy atom. The lowest BCUT2D eigenvalue weighted by atomic mass is 10.0. The van der Waals surface area contributed by atoms with Gasteiger partial charge in [0.2, 0.25) is 16.9 Å². The number of nitrogen functional groups attached to an aromatic ring is 1. The molecule has 5 rings (SSSR count). The molecule has 4 amide bonds. The first-order chi connectivity index (χ1) is 26.5. The molecule has 1 unspecified atom stereocenters. The number of aromatic hydroxyl groups is 1. The zero-order valence-electron chi connectivity index (χ0n) is 29.5. The van der Waals surface area contributed by atoms with E-state index in [9.17, 15) is 48.9 Å². The third-order valence-electron chi connectivity index (χ3n) is 8.06. The van der Waals surface area contributed by atoms with Gasteiger partial charge >= 0.3 is 11.9 Å². The van der Waals surface area contributed by atoms with Crippen LogP contribution in [-0.4, -0.2) is 125 Å². The molecule has 0 bridgehead atoms. The molecule has 3 aliphatic heterocycles. The number of amidine groups is 1. The number of hydrogen-bond acceptors (Lipinski definition) is 17. The Labute approximate surface area is 324 Å². The van der Waals surface area contributed by atoms with Gasteiger partial charge in [0.25, 0.3) is 17.7 Å². The Bertz CT molecular complexity index is 2190. The van der Waals surface area contributed by atoms with Gasteiger partial charge in [0.15, 0.2) is 16.6 Å². The zero-order valence-corrected chi connectivity index (χ0v) is 31.1. The van der Waals surface area contributed by atoms with Crippen LogP contribution >= 0.6 is 23.1 Å². The second-order valence-corrected chi connectivity index (χ2v) is 14.5. The minimum atomic E-state index is -1.81. The van der Waals surface area contributed by atoms with Crippen LogP contribution in [0.15, 0.2) is 67.9 Å². The number of β-lactam (4-membered cyclic amide) rings is 1. The second kappa shape index (κ2) is 16.8. The Morgan fingerprint density at radius 2 is 1.95 bits per heavy atom. The number of anilines is 1. The SMILES string of the molecule is CC(C)(O/N=C(\C(=O)N[C@@H]1C(=O)N2C(C(=O)O)=C(/C=C/CN3C=C(NC(=O)CCNC(=O)c4cc(=O)c(O)c[nH]4)C(N)=NC3)CSC12)c1csc(N)n1)C(=O)O. The van der Waals surface area contributed by atoms with Crippen LogP contribution in [0.5, 0.6) is 5.75 Å². The Morgan fingerprint density at radius 1 is 1.20 bits per heavy atom. The number of pyridine rings is 1. The van der Waals surface area contributed by atoms with Crippen LogP contribution in [0.3, 0.4) is 0 Å². The van der Waals surface area contributed by atoms with E-state index >= 15 is 0 Å². The maximum atomic E-state index is 13.3. The number of thiazole rings is 1. The molecule has 1 saturated heterocycles. The van der Waals surface area contributed by atoms with Crippen LogP contribution < -0.4 is 32.8 Å². The molecular formula is C32H35N11O11S2. The van der Waals surface area contributed by atoms with Crippen molar-refractivity contribution in [1.82, 2.24) is 35.7 Å². The monoisotopic (exact) mass is 813 g/mol. The number of carboxylic acid groups (broad SMARTS) is 2. The number of oxime groups is 1. The number of nitrogens with one attached hydrogen (secondary N) is 4. The van der Waals surface area contributed by atoms with Crippen molar-refractivity contribution < 1.29 is 48.9 Å². The summed E-state index contributed by atoms with van der Waals surface area (Å²) < 4.78 is 0. The molecule has 0 radical (unpaired) electrons. The Kier molecular flexibility index (Phi) is 12.1. The van der Waals surface area contributed by atoms with E-state index in [1.54, 1.807) is 23.3 Å². The molecule has 3 aliphatic rings. The second-order valence-electron chi connectivity index (χ2n) is 12.5. The van der Waals surface area contributed by atoms with E-state index in [0.717, 1.165) is 28.5 Å². The van der Waals surface area contributed by atoms with E-state index in [2.05, 4.69) is 36.1 Å². The molecular weight excluding hydrogens is 779 g/mol. The van der Waals surface area contributed by atoms with E-state index in [0.29, 0.717) is 5.57 Å². The number of carboxylic acids is 2. The van der Waals surface area contributed by atoms with E-state index < -0.39 is 69.5 Å². The van der Waals surface area contributed by atoms with Gasteiger partial charge in [-0.05, 0) is 19.4 Å². The predicted molar refractivity (Wildman–Crippen MR) is 200 cm³/mol. The first kappa shape index (κ1) is 40.5. The topological polar surface area (TPSA) is 337 Å². The highest BCUT2D eigenvalue weighted by Crippen LogP contribution is 2.40. The highest BCUT2D eigenvalue weighted by atomic mass is 32.2. The fourth-order valence-electron chi connectivity index (χ4n) is 5.05. The molecule has 0 aromatic carbocycles. The van der Waals surface area contributed by atoms with Crippen LogP contribution in [0.1, 0.15) is 36.5 Å². The van der Waals surface area contributed by atoms with E-state index in [1.807, 2.05) is 0 Å². The van der Waals surface area contributed by atoms with E-state index in [4.69, 9.17) is 16.3 Å². The van der Waals surface area contributed by atoms with Gasteiger partial charge in [-0.2, -0.15) is 0 Å². The van der Waals surface area contributed by atoms with Crippen molar-refractivity contribution >= 4 is 75.3 Å². The number of H-pyrrole nitrogens is 1. The summed E-state index contributed by atoms with van der Waals surface area (Å²) in [7, 11) is 0. The zero-order chi connectivity index (χ0) is 40.9. The van der Waals surface area contributed by atoms with Crippen LogP contribution in [0, 0.1) is 0 Å². The number of aliphatic imine (C=N–C) groups is 1. The normalized spacial score (nSPS) is 18.4. The van der Waals surface area contributed by atoms with Crippen molar-refractivity contribution in [2.45, 2.75) is 37.3 Å². The molecule has 296 valence electrons. The number of aliphatic carboxylic acids is 2. The summed E-state index contributed by atoms with van der Waals surface area (Å²) in [6.45, 7) is 2.65. The lowest BCUT2D eigenvalue weighted by Crippen LogP contribution is -2.71. The lowest BCUT2D eigenvalue weighted by molar-refractivity contribution is -0.161. The van der Waals surface area contributed by atoms with E-state index in [-0.39, 0.29) is 65.7 Å². The fourth-order valence-corrected chi connectivity index (χ4v) is 6.92. The number of amides is 4. The molecule has 2 aromatic heterocycles. The summed E-state index contributed by atoms with van der Waals surface area (Å²) in [5.41, 5.74) is 8.78. The Hall–Kier alpha value is -6.69. The van der Waals surface area contributed by atoms with Crippen molar-refractivity contribution in [3.63, 3.8) is 0 Å². The van der Waals surface area contributed by atoms with Crippen molar-refractivity contribution in [2.75, 3.05) is 31.2 Å². The third-order valence-corrected chi connectivity index (χ3v) is 10.0. The number of rotatable bonds is 15. The van der Waals surface area contributed by atoms with Gasteiger partial charge in [-0.15, -0.1) is 23.1 Å². The first-order valence-electron chi connectivity index (χ1n) is 16.3. The molecule has 11 N–H and O–H groups in total. The van der Waals surface area contributed by atoms with E-state index in [1.165, 1.54) is 31.0 Å². The molecule has 0 aliphatic carbocycles. The quantitative estimate of drug-likeness (QED) is 0.0556.